The van der Waals surface area contributed by atoms with Gasteiger partial charge >= 0.3 is 5.97 Å². The van der Waals surface area contributed by atoms with Crippen LogP contribution in [0.3, 0.4) is 0 Å². The van der Waals surface area contributed by atoms with Gasteiger partial charge in [0.2, 0.25) is 0 Å². The highest BCUT2D eigenvalue weighted by Crippen LogP contribution is 2.23. The molecule has 1 atom stereocenters. The monoisotopic (exact) mass is 391 g/mol. The van der Waals surface area contributed by atoms with E-state index in [2.05, 4.69) is 10.9 Å². The van der Waals surface area contributed by atoms with Gasteiger partial charge in [0.1, 0.15) is 5.56 Å². The molecule has 10 heteroatoms. The molecule has 0 heterocycles. The van der Waals surface area contributed by atoms with Crippen LogP contribution in [0.5, 0.6) is 0 Å². The lowest BCUT2D eigenvalue weighted by atomic mass is 10.2. The number of hydrogen-bond acceptors (Lipinski definition) is 6. The standard InChI is InChI=1S/C17H14ClN3O6/c1-10(15(22)19-20-16(23)11-5-3-2-4-6-11)27-17(24)13-9-12(18)7-8-14(13)21(25)26/h2-10H,1H3,(H,19,22)(H,20,23)/t10-/m1/s1. The van der Waals surface area contributed by atoms with Crippen LogP contribution in [-0.4, -0.2) is 28.8 Å². The molecule has 2 N–H and O–H groups in total. The van der Waals surface area contributed by atoms with E-state index in [1.54, 1.807) is 30.3 Å². The maximum atomic E-state index is 12.1. The Morgan fingerprint density at radius 2 is 1.78 bits per heavy atom. The number of nitro benzene ring substituents is 1. The number of rotatable bonds is 5. The second-order valence-electron chi connectivity index (χ2n) is 5.28. The zero-order valence-electron chi connectivity index (χ0n) is 14.0. The zero-order chi connectivity index (χ0) is 20.0. The van der Waals surface area contributed by atoms with E-state index in [9.17, 15) is 24.5 Å². The average Bonchev–Trinajstić information content (AvgIpc) is 2.65. The average molecular weight is 392 g/mol. The van der Waals surface area contributed by atoms with Crippen LogP contribution >= 0.6 is 11.6 Å². The molecule has 140 valence electrons. The van der Waals surface area contributed by atoms with Gasteiger partial charge in [-0.05, 0) is 31.2 Å². The van der Waals surface area contributed by atoms with Crippen LogP contribution in [-0.2, 0) is 9.53 Å². The number of carbonyl (C=O) groups excluding carboxylic acids is 3. The molecule has 0 saturated heterocycles. The summed E-state index contributed by atoms with van der Waals surface area (Å²) in [6.45, 7) is 1.25. The van der Waals surface area contributed by atoms with E-state index < -0.39 is 34.5 Å². The minimum atomic E-state index is -1.33. The van der Waals surface area contributed by atoms with Crippen LogP contribution in [0.1, 0.15) is 27.6 Å². The minimum absolute atomic E-state index is 0.0970. The van der Waals surface area contributed by atoms with Gasteiger partial charge in [-0.1, -0.05) is 29.8 Å². The third-order valence-corrected chi connectivity index (χ3v) is 3.60. The van der Waals surface area contributed by atoms with Crippen molar-refractivity contribution in [3.63, 3.8) is 0 Å². The second-order valence-corrected chi connectivity index (χ2v) is 5.71. The number of hydrazine groups is 1. The van der Waals surface area contributed by atoms with Gasteiger partial charge in [0.05, 0.1) is 4.92 Å². The molecule has 2 aromatic carbocycles. The number of benzene rings is 2. The van der Waals surface area contributed by atoms with Gasteiger partial charge in [-0.15, -0.1) is 0 Å². The SMILES string of the molecule is C[C@@H](OC(=O)c1cc(Cl)ccc1[N+](=O)[O-])C(=O)NNC(=O)c1ccccc1. The van der Waals surface area contributed by atoms with E-state index >= 15 is 0 Å². The normalized spacial score (nSPS) is 11.2. The zero-order valence-corrected chi connectivity index (χ0v) is 14.7. The highest BCUT2D eigenvalue weighted by molar-refractivity contribution is 6.31. The van der Waals surface area contributed by atoms with Crippen molar-refractivity contribution in [1.82, 2.24) is 10.9 Å². The first-order valence-corrected chi connectivity index (χ1v) is 7.97. The number of hydrogen-bond donors (Lipinski definition) is 2. The Hall–Kier alpha value is -3.46. The Morgan fingerprint density at radius 3 is 2.41 bits per heavy atom. The van der Waals surface area contributed by atoms with Gasteiger partial charge in [-0.3, -0.25) is 30.6 Å². The molecular formula is C17H14ClN3O6. The number of nitrogens with one attached hydrogen (secondary N) is 2. The third kappa shape index (κ3) is 5.25. The molecule has 9 nitrogen and oxygen atoms in total. The van der Waals surface area contributed by atoms with Gasteiger partial charge in [-0.25, -0.2) is 4.79 Å². The molecule has 0 aliphatic carbocycles. The first kappa shape index (κ1) is 19.9. The summed E-state index contributed by atoms with van der Waals surface area (Å²) in [5.41, 5.74) is 3.71. The van der Waals surface area contributed by atoms with E-state index in [4.69, 9.17) is 16.3 Å². The summed E-state index contributed by atoms with van der Waals surface area (Å²) in [5.74, 6) is -2.48. The van der Waals surface area contributed by atoms with Crippen molar-refractivity contribution in [3.05, 3.63) is 74.8 Å². The molecule has 0 saturated carbocycles. The molecular weight excluding hydrogens is 378 g/mol. The molecule has 0 fully saturated rings. The van der Waals surface area contributed by atoms with Crippen LogP contribution in [0.4, 0.5) is 5.69 Å². The molecule has 0 aliphatic heterocycles. The summed E-state index contributed by atoms with van der Waals surface area (Å²) in [4.78, 5) is 46.2. The smallest absolute Gasteiger partial charge is 0.346 e. The van der Waals surface area contributed by atoms with E-state index in [-0.39, 0.29) is 10.6 Å². The van der Waals surface area contributed by atoms with Crippen LogP contribution < -0.4 is 10.9 Å². The lowest BCUT2D eigenvalue weighted by Gasteiger charge is -2.14. The number of esters is 1. The van der Waals surface area contributed by atoms with E-state index in [0.29, 0.717) is 5.56 Å². The Morgan fingerprint density at radius 1 is 1.11 bits per heavy atom. The molecule has 0 aromatic heterocycles. The Kier molecular flexibility index (Phi) is 6.45. The Labute approximate surface area is 158 Å². The van der Waals surface area contributed by atoms with E-state index in [0.717, 1.165) is 12.1 Å². The van der Waals surface area contributed by atoms with Gasteiger partial charge in [0.25, 0.3) is 17.5 Å². The lowest BCUT2D eigenvalue weighted by molar-refractivity contribution is -0.385. The van der Waals surface area contributed by atoms with Crippen molar-refractivity contribution in [1.29, 1.82) is 0 Å². The topological polar surface area (TPSA) is 128 Å². The number of nitro groups is 1. The summed E-state index contributed by atoms with van der Waals surface area (Å²) in [7, 11) is 0. The molecule has 2 amide bonds. The van der Waals surface area contributed by atoms with Crippen LogP contribution in [0.2, 0.25) is 5.02 Å². The largest absolute Gasteiger partial charge is 0.449 e. The van der Waals surface area contributed by atoms with Gasteiger partial charge in [-0.2, -0.15) is 0 Å². The summed E-state index contributed by atoms with van der Waals surface area (Å²) in [5, 5.41) is 11.1. The maximum absolute atomic E-state index is 12.1. The highest BCUT2D eigenvalue weighted by Gasteiger charge is 2.26. The quantitative estimate of drug-likeness (QED) is 0.457. The van der Waals surface area contributed by atoms with E-state index in [1.807, 2.05) is 0 Å². The fourth-order valence-electron chi connectivity index (χ4n) is 1.99. The molecule has 2 aromatic rings. The summed E-state index contributed by atoms with van der Waals surface area (Å²) in [6, 6.07) is 11.5. The summed E-state index contributed by atoms with van der Waals surface area (Å²) >= 11 is 5.75. The Balaban J connectivity index is 1.98. The molecule has 27 heavy (non-hydrogen) atoms. The lowest BCUT2D eigenvalue weighted by Crippen LogP contribution is -2.46. The first-order chi connectivity index (χ1) is 12.8. The van der Waals surface area contributed by atoms with Crippen molar-refractivity contribution in [3.8, 4) is 0 Å². The van der Waals surface area contributed by atoms with Crippen molar-refractivity contribution in [2.24, 2.45) is 0 Å². The van der Waals surface area contributed by atoms with Crippen LogP contribution in [0.25, 0.3) is 0 Å². The fraction of sp³-hybridized carbons (Fsp3) is 0.118. The van der Waals surface area contributed by atoms with Crippen molar-refractivity contribution >= 4 is 35.1 Å². The highest BCUT2D eigenvalue weighted by atomic mass is 35.5. The van der Waals surface area contributed by atoms with Gasteiger partial charge < -0.3 is 4.74 Å². The molecule has 0 spiro atoms. The summed E-state index contributed by atoms with van der Waals surface area (Å²) < 4.78 is 4.92. The number of ether oxygens (including phenoxy) is 1. The molecule has 2 rings (SSSR count). The summed E-state index contributed by atoms with van der Waals surface area (Å²) in [6.07, 6.45) is -1.33. The van der Waals surface area contributed by atoms with Crippen molar-refractivity contribution < 1.29 is 24.0 Å². The first-order valence-electron chi connectivity index (χ1n) is 7.59. The number of carbonyl (C=O) groups is 3. The second kappa shape index (κ2) is 8.77. The molecule has 0 bridgehead atoms. The molecule has 0 unspecified atom stereocenters. The number of nitrogens with zero attached hydrogens (tertiary/aromatic N) is 1. The van der Waals surface area contributed by atoms with Crippen molar-refractivity contribution in [2.45, 2.75) is 13.0 Å². The number of halogens is 1. The van der Waals surface area contributed by atoms with Gasteiger partial charge in [0, 0.05) is 16.7 Å². The van der Waals surface area contributed by atoms with Gasteiger partial charge in [0.15, 0.2) is 6.10 Å². The van der Waals surface area contributed by atoms with Crippen molar-refractivity contribution in [2.75, 3.05) is 0 Å². The molecule has 0 radical (unpaired) electrons. The molecule has 0 aliphatic rings. The van der Waals surface area contributed by atoms with Crippen LogP contribution in [0.15, 0.2) is 48.5 Å². The predicted molar refractivity (Wildman–Crippen MR) is 95.0 cm³/mol. The number of amides is 2. The van der Waals surface area contributed by atoms with E-state index in [1.165, 1.54) is 13.0 Å². The fourth-order valence-corrected chi connectivity index (χ4v) is 2.16. The Bertz CT molecular complexity index is 887. The maximum Gasteiger partial charge on any atom is 0.346 e. The van der Waals surface area contributed by atoms with Crippen LogP contribution in [0, 0.1) is 10.1 Å². The third-order valence-electron chi connectivity index (χ3n) is 3.36. The predicted octanol–water partition coefficient (Wildman–Crippen LogP) is 2.25. The minimum Gasteiger partial charge on any atom is -0.449 e.